The summed E-state index contributed by atoms with van der Waals surface area (Å²) in [6.45, 7) is 19.3. The number of nitrogens with one attached hydrogen (secondary N) is 4. The van der Waals surface area contributed by atoms with Gasteiger partial charge in [-0.15, -0.1) is 0 Å². The number of sulfone groups is 1. The van der Waals surface area contributed by atoms with E-state index in [1.54, 1.807) is 25.7 Å². The quantitative estimate of drug-likeness (QED) is 0.196. The average Bonchev–Trinajstić information content (AvgIpc) is 3.78. The Labute approximate surface area is 299 Å². The summed E-state index contributed by atoms with van der Waals surface area (Å²) >= 11 is 0. The second-order valence-corrected chi connectivity index (χ2v) is 20.9. The van der Waals surface area contributed by atoms with Crippen molar-refractivity contribution in [1.29, 1.82) is 0 Å². The molecule has 0 radical (unpaired) electrons. The highest BCUT2D eigenvalue weighted by Crippen LogP contribution is 2.91. The molecule has 1 saturated heterocycles. The molecule has 1 spiro atoms. The fourth-order valence-corrected chi connectivity index (χ4v) is 10.5. The van der Waals surface area contributed by atoms with Gasteiger partial charge < -0.3 is 26.2 Å². The van der Waals surface area contributed by atoms with E-state index in [4.69, 9.17) is 0 Å². The number of likely N-dealkylation sites (tertiary alicyclic amines) is 1. The Bertz CT molecular complexity index is 1470. The van der Waals surface area contributed by atoms with Gasteiger partial charge in [0.25, 0.3) is 5.91 Å². The Morgan fingerprint density at radius 1 is 0.900 bits per heavy atom. The molecular weight excluding hydrogens is 659 g/mol. The van der Waals surface area contributed by atoms with Crippen LogP contribution >= 0.6 is 0 Å². The van der Waals surface area contributed by atoms with Crippen LogP contribution in [0.2, 0.25) is 0 Å². The number of hydrogen-bond acceptors (Lipinski definition) is 7. The number of urea groups is 1. The molecule has 4 rings (SSSR count). The summed E-state index contributed by atoms with van der Waals surface area (Å²) in [5.41, 5.74) is -3.55. The minimum absolute atomic E-state index is 0.0740. The van der Waals surface area contributed by atoms with Gasteiger partial charge in [-0.25, -0.2) is 13.2 Å². The Balaban J connectivity index is 1.59. The number of nitrogens with zero attached hydrogens (tertiary/aromatic N) is 1. The number of rotatable bonds is 14. The van der Waals surface area contributed by atoms with Crippen molar-refractivity contribution in [2.24, 2.45) is 22.2 Å². The maximum Gasteiger partial charge on any atom is 0.315 e. The van der Waals surface area contributed by atoms with Gasteiger partial charge in [-0.3, -0.25) is 19.2 Å². The van der Waals surface area contributed by atoms with Gasteiger partial charge in [0.1, 0.15) is 11.6 Å². The van der Waals surface area contributed by atoms with Gasteiger partial charge in [0.15, 0.2) is 9.84 Å². The Hall–Kier alpha value is -2.70. The van der Waals surface area contributed by atoms with E-state index in [0.717, 1.165) is 25.7 Å². The molecule has 5 amide bonds. The molecule has 0 aromatic carbocycles. The van der Waals surface area contributed by atoms with Crippen molar-refractivity contribution >= 4 is 39.4 Å². The first-order valence-corrected chi connectivity index (χ1v) is 20.4. The molecule has 4 N–H and O–H groups in total. The maximum atomic E-state index is 14.7. The van der Waals surface area contributed by atoms with Gasteiger partial charge in [-0.1, -0.05) is 80.6 Å². The van der Waals surface area contributed by atoms with Crippen molar-refractivity contribution in [1.82, 2.24) is 26.2 Å². The molecule has 1 heterocycles. The van der Waals surface area contributed by atoms with Crippen LogP contribution in [0, 0.1) is 22.2 Å². The molecule has 284 valence electrons. The summed E-state index contributed by atoms with van der Waals surface area (Å²) in [6.07, 6.45) is 6.40. The number of Topliss-reactive ketones (excluding diaryl/α,β-unsaturated/α-hetero) is 1. The predicted octanol–water partition coefficient (Wildman–Crippen LogP) is 4.01. The Morgan fingerprint density at radius 3 is 2.04 bits per heavy atom. The lowest BCUT2D eigenvalue weighted by Gasteiger charge is -2.41. The van der Waals surface area contributed by atoms with Gasteiger partial charge in [-0.05, 0) is 69.6 Å². The van der Waals surface area contributed by atoms with Crippen LogP contribution in [0.5, 0.6) is 0 Å². The van der Waals surface area contributed by atoms with Gasteiger partial charge in [0.2, 0.25) is 17.6 Å². The first-order chi connectivity index (χ1) is 23.0. The Morgan fingerprint density at radius 2 is 1.52 bits per heavy atom. The number of hydrogen-bond donors (Lipinski definition) is 4. The summed E-state index contributed by atoms with van der Waals surface area (Å²) in [5, 5.41) is 11.5. The number of ketones is 1. The van der Waals surface area contributed by atoms with E-state index >= 15 is 0 Å². The molecule has 3 saturated carbocycles. The van der Waals surface area contributed by atoms with Gasteiger partial charge in [0, 0.05) is 18.5 Å². The standard InChI is InChI=1S/C37H63N5O7S/c1-11-13-17-24(26(43)28(44)38-20-12-2)39-30(46)37-22-36(37)25(34(36,9)10)21-42(37)29(45)27(32(3,4)5)40-31(47)41-35(18-15-14-16-19-35)23-50(48,49)33(6,7)8/h24-25,27H,11-23H2,1-10H3,(H,38,44)(H,39,46)(H2,40,41,47)/t24?,25?,27-,36?,37?/m1/s1. The predicted molar refractivity (Wildman–Crippen MR) is 193 cm³/mol. The molecule has 13 heteroatoms. The minimum atomic E-state index is -3.56. The summed E-state index contributed by atoms with van der Waals surface area (Å²) in [7, 11) is -3.56. The molecule has 0 aromatic heterocycles. The van der Waals surface area contributed by atoms with E-state index < -0.39 is 72.2 Å². The fourth-order valence-electron chi connectivity index (χ4n) is 9.01. The van der Waals surface area contributed by atoms with Crippen molar-refractivity contribution in [3.05, 3.63) is 0 Å². The summed E-state index contributed by atoms with van der Waals surface area (Å²) < 4.78 is 25.7. The van der Waals surface area contributed by atoms with Gasteiger partial charge in [0.05, 0.1) is 22.1 Å². The molecule has 3 aliphatic carbocycles. The summed E-state index contributed by atoms with van der Waals surface area (Å²) in [4.78, 5) is 70.5. The third kappa shape index (κ3) is 6.93. The molecule has 4 aliphatic rings. The molecule has 12 nitrogen and oxygen atoms in total. The van der Waals surface area contributed by atoms with Crippen LogP contribution in [0.25, 0.3) is 0 Å². The highest BCUT2D eigenvalue weighted by atomic mass is 32.2. The van der Waals surface area contributed by atoms with Gasteiger partial charge in [-0.2, -0.15) is 0 Å². The van der Waals surface area contributed by atoms with Crippen LogP contribution < -0.4 is 21.3 Å². The van der Waals surface area contributed by atoms with Crippen molar-refractivity contribution in [2.45, 2.75) is 161 Å². The first-order valence-electron chi connectivity index (χ1n) is 18.7. The van der Waals surface area contributed by atoms with Crippen LogP contribution in [-0.4, -0.2) is 89.6 Å². The first kappa shape index (κ1) is 40.1. The van der Waals surface area contributed by atoms with Crippen LogP contribution in [0.1, 0.15) is 133 Å². The fraction of sp³-hybridized carbons (Fsp3) is 0.865. The van der Waals surface area contributed by atoms with E-state index in [1.807, 2.05) is 34.6 Å². The lowest BCUT2D eigenvalue weighted by molar-refractivity contribution is -0.147. The molecular formula is C37H63N5O7S. The van der Waals surface area contributed by atoms with E-state index in [1.165, 1.54) is 0 Å². The highest BCUT2D eigenvalue weighted by molar-refractivity contribution is 7.92. The van der Waals surface area contributed by atoms with Crippen LogP contribution in [-0.2, 0) is 29.0 Å². The molecule has 5 atom stereocenters. The third-order valence-electron chi connectivity index (χ3n) is 12.4. The lowest BCUT2D eigenvalue weighted by atomic mass is 9.83. The van der Waals surface area contributed by atoms with E-state index in [9.17, 15) is 32.4 Å². The monoisotopic (exact) mass is 721 g/mol. The smallest absolute Gasteiger partial charge is 0.315 e. The van der Waals surface area contributed by atoms with E-state index in [2.05, 4.69) is 35.1 Å². The molecule has 4 unspecified atom stereocenters. The third-order valence-corrected chi connectivity index (χ3v) is 15.2. The largest absolute Gasteiger partial charge is 0.349 e. The van der Waals surface area contributed by atoms with Crippen molar-refractivity contribution in [3.8, 4) is 0 Å². The zero-order valence-corrected chi connectivity index (χ0v) is 33.0. The topological polar surface area (TPSA) is 171 Å². The Kier molecular flexibility index (Phi) is 11.0. The van der Waals surface area contributed by atoms with Gasteiger partial charge >= 0.3 is 6.03 Å². The second-order valence-electron chi connectivity index (χ2n) is 18.1. The van der Waals surface area contributed by atoms with E-state index in [0.29, 0.717) is 51.6 Å². The number of amides is 5. The summed E-state index contributed by atoms with van der Waals surface area (Å²) in [6, 6.07) is -2.65. The lowest BCUT2D eigenvalue weighted by Crippen LogP contribution is -2.65. The summed E-state index contributed by atoms with van der Waals surface area (Å²) in [5.74, 6) is -2.35. The van der Waals surface area contributed by atoms with E-state index in [-0.39, 0.29) is 23.0 Å². The molecule has 4 fully saturated rings. The molecule has 1 aliphatic heterocycles. The molecule has 50 heavy (non-hydrogen) atoms. The zero-order chi connectivity index (χ0) is 37.7. The second kappa shape index (κ2) is 13.7. The normalized spacial score (nSPS) is 27.6. The average molecular weight is 722 g/mol. The zero-order valence-electron chi connectivity index (χ0n) is 32.1. The SMILES string of the molecule is CCCCC(NC(=O)C12CC13C(CN2C(=O)[C@@H](NC(=O)NC1(CS(=O)(=O)C(C)(C)C)CCCCC1)C(C)(C)C)C3(C)C)C(=O)C(=O)NCCC. The van der Waals surface area contributed by atoms with Crippen LogP contribution in [0.15, 0.2) is 0 Å². The maximum absolute atomic E-state index is 14.7. The van der Waals surface area contributed by atoms with Crippen LogP contribution in [0.3, 0.4) is 0 Å². The van der Waals surface area contributed by atoms with Crippen molar-refractivity contribution < 1.29 is 32.4 Å². The highest BCUT2D eigenvalue weighted by Gasteiger charge is 2.98. The van der Waals surface area contributed by atoms with Crippen molar-refractivity contribution in [3.63, 3.8) is 0 Å². The number of unbranched alkanes of at least 4 members (excludes halogenated alkanes) is 1. The number of carbonyl (C=O) groups is 5. The minimum Gasteiger partial charge on any atom is -0.349 e. The molecule has 0 aromatic rings. The number of piperidine rings is 2. The van der Waals surface area contributed by atoms with Crippen molar-refractivity contribution in [2.75, 3.05) is 18.8 Å². The molecule has 0 bridgehead atoms. The van der Waals surface area contributed by atoms with Crippen LogP contribution in [0.4, 0.5) is 4.79 Å². The number of carbonyl (C=O) groups excluding carboxylic acids is 5.